The second-order valence-electron chi connectivity index (χ2n) is 4.94. The minimum Gasteiger partial charge on any atom is -0.494 e. The van der Waals surface area contributed by atoms with Gasteiger partial charge in [0.15, 0.2) is 0 Å². The Kier molecular flexibility index (Phi) is 5.51. The van der Waals surface area contributed by atoms with Crippen molar-refractivity contribution in [2.75, 3.05) is 17.2 Å². The summed E-state index contributed by atoms with van der Waals surface area (Å²) in [5, 5.41) is 5.42. The molecule has 0 saturated heterocycles. The number of nitrogens with one attached hydrogen (secondary N) is 2. The summed E-state index contributed by atoms with van der Waals surface area (Å²) >= 11 is 0. The number of carbonyl (C=O) groups is 1. The largest absolute Gasteiger partial charge is 0.494 e. The Hall–Kier alpha value is -2.63. The van der Waals surface area contributed by atoms with Crippen LogP contribution in [-0.2, 0) is 4.79 Å². The zero-order chi connectivity index (χ0) is 16.8. The van der Waals surface area contributed by atoms with Crippen LogP contribution in [0.2, 0.25) is 0 Å². The first kappa shape index (κ1) is 16.7. The predicted octanol–water partition coefficient (Wildman–Crippen LogP) is 3.80. The van der Waals surface area contributed by atoms with E-state index >= 15 is 0 Å². The fourth-order valence-electron chi connectivity index (χ4n) is 1.96. The Bertz CT molecular complexity index is 675. The Morgan fingerprint density at radius 2 is 1.87 bits per heavy atom. The van der Waals surface area contributed by atoms with Crippen molar-refractivity contribution in [2.45, 2.75) is 19.9 Å². The molecule has 0 unspecified atom stereocenters. The summed E-state index contributed by atoms with van der Waals surface area (Å²) in [6, 6.07) is 9.54. The van der Waals surface area contributed by atoms with E-state index in [2.05, 4.69) is 10.6 Å². The quantitative estimate of drug-likeness (QED) is 0.851. The van der Waals surface area contributed by atoms with E-state index in [1.165, 1.54) is 6.07 Å². The molecule has 0 radical (unpaired) electrons. The zero-order valence-corrected chi connectivity index (χ0v) is 12.9. The lowest BCUT2D eigenvalue weighted by Gasteiger charge is -2.16. The minimum absolute atomic E-state index is 0.0586. The molecule has 0 saturated carbocycles. The van der Waals surface area contributed by atoms with Gasteiger partial charge in [-0.2, -0.15) is 0 Å². The molecule has 0 spiro atoms. The van der Waals surface area contributed by atoms with Crippen molar-refractivity contribution in [3.63, 3.8) is 0 Å². The molecule has 2 N–H and O–H groups in total. The lowest BCUT2D eigenvalue weighted by Crippen LogP contribution is -2.32. The van der Waals surface area contributed by atoms with Crippen LogP contribution in [0.15, 0.2) is 42.5 Å². The summed E-state index contributed by atoms with van der Waals surface area (Å²) in [5.74, 6) is -1.19. The van der Waals surface area contributed by atoms with Gasteiger partial charge in [0, 0.05) is 11.8 Å². The number of hydrogen-bond donors (Lipinski definition) is 2. The number of rotatable bonds is 6. The van der Waals surface area contributed by atoms with Gasteiger partial charge in [-0.15, -0.1) is 0 Å². The number of anilines is 2. The lowest BCUT2D eigenvalue weighted by atomic mass is 10.2. The first-order chi connectivity index (χ1) is 11.0. The van der Waals surface area contributed by atoms with Gasteiger partial charge in [0.05, 0.1) is 12.3 Å². The second-order valence-corrected chi connectivity index (χ2v) is 4.94. The fourth-order valence-corrected chi connectivity index (χ4v) is 1.96. The summed E-state index contributed by atoms with van der Waals surface area (Å²) in [5.41, 5.74) is 0.674. The molecule has 0 aliphatic heterocycles. The van der Waals surface area contributed by atoms with E-state index in [9.17, 15) is 13.6 Å². The highest BCUT2D eigenvalue weighted by atomic mass is 19.1. The lowest BCUT2D eigenvalue weighted by molar-refractivity contribution is -0.116. The van der Waals surface area contributed by atoms with Crippen molar-refractivity contribution >= 4 is 17.3 Å². The van der Waals surface area contributed by atoms with Crippen LogP contribution in [-0.4, -0.2) is 18.6 Å². The average Bonchev–Trinajstić information content (AvgIpc) is 2.52. The maximum atomic E-state index is 13.5. The van der Waals surface area contributed by atoms with Gasteiger partial charge in [-0.05, 0) is 50.2 Å². The van der Waals surface area contributed by atoms with Gasteiger partial charge in [-0.25, -0.2) is 8.78 Å². The van der Waals surface area contributed by atoms with Crippen molar-refractivity contribution in [1.82, 2.24) is 0 Å². The van der Waals surface area contributed by atoms with Crippen LogP contribution in [0.1, 0.15) is 13.8 Å². The van der Waals surface area contributed by atoms with Crippen LogP contribution >= 0.6 is 0 Å². The molecule has 2 rings (SSSR count). The van der Waals surface area contributed by atoms with E-state index in [-0.39, 0.29) is 5.69 Å². The van der Waals surface area contributed by atoms with E-state index in [1.54, 1.807) is 31.2 Å². The van der Waals surface area contributed by atoms with Crippen molar-refractivity contribution in [1.29, 1.82) is 0 Å². The zero-order valence-electron chi connectivity index (χ0n) is 12.9. The molecular formula is C17H18F2N2O2. The molecule has 0 fully saturated rings. The highest BCUT2D eigenvalue weighted by molar-refractivity contribution is 5.96. The van der Waals surface area contributed by atoms with Crippen molar-refractivity contribution in [3.05, 3.63) is 54.1 Å². The summed E-state index contributed by atoms with van der Waals surface area (Å²) < 4.78 is 31.7. The van der Waals surface area contributed by atoms with Gasteiger partial charge < -0.3 is 15.4 Å². The highest BCUT2D eigenvalue weighted by Gasteiger charge is 2.15. The van der Waals surface area contributed by atoms with Gasteiger partial charge in [-0.3, -0.25) is 4.79 Å². The van der Waals surface area contributed by atoms with Crippen LogP contribution in [0.3, 0.4) is 0 Å². The molecule has 1 amide bonds. The minimum atomic E-state index is -0.813. The molecule has 23 heavy (non-hydrogen) atoms. The third-order valence-electron chi connectivity index (χ3n) is 3.13. The molecule has 0 heterocycles. The van der Waals surface area contributed by atoms with Crippen LogP contribution in [0.25, 0.3) is 0 Å². The molecule has 2 aromatic rings. The highest BCUT2D eigenvalue weighted by Crippen LogP contribution is 2.18. The van der Waals surface area contributed by atoms with Crippen molar-refractivity contribution < 1.29 is 18.3 Å². The Morgan fingerprint density at radius 1 is 1.17 bits per heavy atom. The summed E-state index contributed by atoms with van der Waals surface area (Å²) in [6.45, 7) is 4.12. The van der Waals surface area contributed by atoms with Gasteiger partial charge >= 0.3 is 0 Å². The Morgan fingerprint density at radius 3 is 2.48 bits per heavy atom. The number of ether oxygens (including phenoxy) is 1. The summed E-state index contributed by atoms with van der Waals surface area (Å²) in [6.07, 6.45) is 0. The van der Waals surface area contributed by atoms with Crippen molar-refractivity contribution in [3.8, 4) is 5.75 Å². The van der Waals surface area contributed by atoms with E-state index in [1.807, 2.05) is 6.92 Å². The third-order valence-corrected chi connectivity index (χ3v) is 3.13. The molecule has 2 aromatic carbocycles. The maximum Gasteiger partial charge on any atom is 0.246 e. The summed E-state index contributed by atoms with van der Waals surface area (Å²) in [7, 11) is 0. The smallest absolute Gasteiger partial charge is 0.246 e. The second kappa shape index (κ2) is 7.58. The number of benzene rings is 2. The monoisotopic (exact) mass is 320 g/mol. The molecular weight excluding hydrogens is 302 g/mol. The standard InChI is InChI=1S/C17H18F2N2O2/c1-3-23-14-7-5-13(6-8-14)20-11(2)17(22)21-16-9-4-12(18)10-15(16)19/h4-11,20H,3H2,1-2H3,(H,21,22)/t11-/m0/s1. The number of amides is 1. The van der Waals surface area contributed by atoms with E-state index in [4.69, 9.17) is 4.74 Å². The van der Waals surface area contributed by atoms with E-state index in [0.29, 0.717) is 6.61 Å². The average molecular weight is 320 g/mol. The first-order valence-electron chi connectivity index (χ1n) is 7.25. The molecule has 1 atom stereocenters. The van der Waals surface area contributed by atoms with E-state index < -0.39 is 23.6 Å². The van der Waals surface area contributed by atoms with Crippen LogP contribution in [0.4, 0.5) is 20.2 Å². The number of hydrogen-bond acceptors (Lipinski definition) is 3. The van der Waals surface area contributed by atoms with Crippen LogP contribution in [0, 0.1) is 11.6 Å². The SMILES string of the molecule is CCOc1ccc(N[C@@H](C)C(=O)Nc2ccc(F)cc2F)cc1. The first-order valence-corrected chi connectivity index (χ1v) is 7.25. The van der Waals surface area contributed by atoms with Gasteiger partial charge in [0.25, 0.3) is 0 Å². The van der Waals surface area contributed by atoms with Crippen molar-refractivity contribution in [2.24, 2.45) is 0 Å². The topological polar surface area (TPSA) is 50.4 Å². The molecule has 6 heteroatoms. The van der Waals surface area contributed by atoms with Crippen LogP contribution in [0.5, 0.6) is 5.75 Å². The Labute approximate surface area is 133 Å². The fraction of sp³-hybridized carbons (Fsp3) is 0.235. The van der Waals surface area contributed by atoms with Gasteiger partial charge in [-0.1, -0.05) is 0 Å². The number of carbonyl (C=O) groups excluding carboxylic acids is 1. The van der Waals surface area contributed by atoms with Gasteiger partial charge in [0.2, 0.25) is 5.91 Å². The Balaban J connectivity index is 1.96. The molecule has 0 aliphatic carbocycles. The molecule has 122 valence electrons. The molecule has 0 aliphatic rings. The molecule has 0 aromatic heterocycles. The van der Waals surface area contributed by atoms with E-state index in [0.717, 1.165) is 23.6 Å². The normalized spacial score (nSPS) is 11.7. The predicted molar refractivity (Wildman–Crippen MR) is 85.7 cm³/mol. The van der Waals surface area contributed by atoms with Gasteiger partial charge in [0.1, 0.15) is 23.4 Å². The maximum absolute atomic E-state index is 13.5. The van der Waals surface area contributed by atoms with Crippen LogP contribution < -0.4 is 15.4 Å². The number of halogens is 2. The summed E-state index contributed by atoms with van der Waals surface area (Å²) in [4.78, 5) is 12.1. The third kappa shape index (κ3) is 4.67. The molecule has 0 bridgehead atoms. The molecule has 4 nitrogen and oxygen atoms in total.